The summed E-state index contributed by atoms with van der Waals surface area (Å²) >= 11 is 5.23. The summed E-state index contributed by atoms with van der Waals surface area (Å²) in [4.78, 5) is 24.6. The van der Waals surface area contributed by atoms with Crippen LogP contribution < -0.4 is 0 Å². The van der Waals surface area contributed by atoms with E-state index in [1.807, 2.05) is 0 Å². The van der Waals surface area contributed by atoms with Crippen molar-refractivity contribution in [3.8, 4) is 0 Å². The van der Waals surface area contributed by atoms with Crippen LogP contribution in [-0.2, 0) is 14.4 Å². The highest BCUT2D eigenvalue weighted by Crippen LogP contribution is 2.30. The monoisotopic (exact) mass is 325 g/mol. The topological polar surface area (TPSA) is 80.8 Å². The smallest absolute Gasteiger partial charge is 0.266 e. The number of nitrogens with zero attached hydrogens (tertiary/aromatic N) is 1. The van der Waals surface area contributed by atoms with Crippen LogP contribution in [-0.4, -0.2) is 30.5 Å². The van der Waals surface area contributed by atoms with E-state index < -0.39 is 27.1 Å². The Balaban J connectivity index is 2.20. The molecule has 0 saturated carbocycles. The largest absolute Gasteiger partial charge is 0.302 e. The van der Waals surface area contributed by atoms with Gasteiger partial charge in [0.15, 0.2) is 5.21 Å². The van der Waals surface area contributed by atoms with E-state index in [-0.39, 0.29) is 16.2 Å². The minimum Gasteiger partial charge on any atom is -0.266 e. The number of hydrogen-bond acceptors (Lipinski definition) is 5. The summed E-state index contributed by atoms with van der Waals surface area (Å²) in [5, 5.41) is 0.565. The number of carbonyl (C=O) groups excluding carboxylic acids is 2. The Morgan fingerprint density at radius 1 is 1.00 bits per heavy atom. The van der Waals surface area contributed by atoms with Gasteiger partial charge in [0, 0.05) is 5.39 Å². The molecule has 0 unspecified atom stereocenters. The van der Waals surface area contributed by atoms with Gasteiger partial charge in [0.25, 0.3) is 11.8 Å². The number of carbonyl (C=O) groups is 2. The van der Waals surface area contributed by atoms with Gasteiger partial charge in [-0.05, 0) is 17.5 Å². The maximum absolute atomic E-state index is 12.3. The number of benzene rings is 2. The molecule has 0 atom stereocenters. The zero-order chi connectivity index (χ0) is 15.2. The molecule has 0 N–H and O–H groups in total. The lowest BCUT2D eigenvalue weighted by molar-refractivity contribution is -0.0151. The van der Waals surface area contributed by atoms with Crippen LogP contribution in [0.15, 0.2) is 36.4 Å². The molecule has 0 fully saturated rings. The van der Waals surface area contributed by atoms with Gasteiger partial charge in [0.2, 0.25) is 0 Å². The Bertz CT molecular complexity index is 827. The summed E-state index contributed by atoms with van der Waals surface area (Å²) in [5.41, 5.74) is 0.403. The molecule has 0 aromatic heterocycles. The molecule has 8 heteroatoms. The molecule has 1 aliphatic heterocycles. The Hall–Kier alpha value is -1.96. The van der Waals surface area contributed by atoms with E-state index in [4.69, 9.17) is 11.6 Å². The maximum Gasteiger partial charge on any atom is 0.302 e. The number of amides is 2. The first kappa shape index (κ1) is 14.0. The first-order valence-corrected chi connectivity index (χ1v) is 7.94. The summed E-state index contributed by atoms with van der Waals surface area (Å²) in [6.07, 6.45) is 0. The standard InChI is InChI=1S/C13H8ClNO5S/c14-7-21(18,19)20-15-12(16)9-5-1-3-8-4-2-6-10(11(8)9)13(15)17/h1-6H,7H2. The molecule has 1 heterocycles. The van der Waals surface area contributed by atoms with E-state index in [0.717, 1.165) is 0 Å². The number of hydrogen-bond donors (Lipinski definition) is 0. The van der Waals surface area contributed by atoms with Crippen molar-refractivity contribution in [1.29, 1.82) is 0 Å². The van der Waals surface area contributed by atoms with Gasteiger partial charge in [0.05, 0.1) is 11.1 Å². The van der Waals surface area contributed by atoms with Crippen LogP contribution in [0, 0.1) is 0 Å². The molecular weight excluding hydrogens is 318 g/mol. The van der Waals surface area contributed by atoms with Crippen molar-refractivity contribution < 1.29 is 22.3 Å². The molecule has 0 spiro atoms. The highest BCUT2D eigenvalue weighted by atomic mass is 35.5. The van der Waals surface area contributed by atoms with Crippen LogP contribution in [0.2, 0.25) is 0 Å². The molecular formula is C13H8ClNO5S. The van der Waals surface area contributed by atoms with E-state index in [1.165, 1.54) is 12.1 Å². The van der Waals surface area contributed by atoms with Crippen molar-refractivity contribution in [3.05, 3.63) is 47.5 Å². The van der Waals surface area contributed by atoms with Gasteiger partial charge >= 0.3 is 10.1 Å². The lowest BCUT2D eigenvalue weighted by atomic mass is 9.95. The van der Waals surface area contributed by atoms with Crippen LogP contribution in [0.4, 0.5) is 0 Å². The molecule has 2 aromatic carbocycles. The van der Waals surface area contributed by atoms with Gasteiger partial charge < -0.3 is 0 Å². The van der Waals surface area contributed by atoms with E-state index in [1.54, 1.807) is 24.3 Å². The normalized spacial score (nSPS) is 14.8. The van der Waals surface area contributed by atoms with Crippen LogP contribution in [0.5, 0.6) is 0 Å². The number of halogens is 1. The third-order valence-electron chi connectivity index (χ3n) is 3.06. The third-order valence-corrected chi connectivity index (χ3v) is 4.50. The van der Waals surface area contributed by atoms with E-state index in [0.29, 0.717) is 10.8 Å². The van der Waals surface area contributed by atoms with Crippen molar-refractivity contribution >= 4 is 44.3 Å². The summed E-state index contributed by atoms with van der Waals surface area (Å²) in [5.74, 6) is -1.67. The Labute approximate surface area is 124 Å². The quantitative estimate of drug-likeness (QED) is 0.636. The van der Waals surface area contributed by atoms with Crippen LogP contribution in [0.3, 0.4) is 0 Å². The maximum atomic E-state index is 12.3. The SMILES string of the molecule is O=C1c2cccc3cccc(c23)C(=O)N1OS(=O)(=O)CCl. The fourth-order valence-electron chi connectivity index (χ4n) is 2.21. The summed E-state index contributed by atoms with van der Waals surface area (Å²) in [6.45, 7) is 0. The van der Waals surface area contributed by atoms with Crippen LogP contribution in [0.25, 0.3) is 10.8 Å². The number of imide groups is 1. The summed E-state index contributed by atoms with van der Waals surface area (Å²) in [6, 6.07) is 9.81. The highest BCUT2D eigenvalue weighted by Gasteiger charge is 2.36. The molecule has 2 amide bonds. The fraction of sp³-hybridized carbons (Fsp3) is 0.0769. The van der Waals surface area contributed by atoms with Gasteiger partial charge in [-0.1, -0.05) is 24.3 Å². The van der Waals surface area contributed by atoms with Crippen molar-refractivity contribution in [2.45, 2.75) is 0 Å². The zero-order valence-corrected chi connectivity index (χ0v) is 12.0. The lowest BCUT2D eigenvalue weighted by Gasteiger charge is -2.24. The molecule has 0 aliphatic carbocycles. The van der Waals surface area contributed by atoms with E-state index in [9.17, 15) is 18.0 Å². The molecule has 3 rings (SSSR count). The number of alkyl halides is 1. The molecule has 0 saturated heterocycles. The molecule has 1 aliphatic rings. The third kappa shape index (κ3) is 2.19. The average molecular weight is 326 g/mol. The predicted octanol–water partition coefficient (Wildman–Crippen LogP) is 1.89. The number of rotatable bonds is 3. The fourth-order valence-corrected chi connectivity index (χ4v) is 2.73. The Morgan fingerprint density at radius 2 is 1.52 bits per heavy atom. The number of hydroxylamine groups is 2. The van der Waals surface area contributed by atoms with Gasteiger partial charge in [-0.2, -0.15) is 8.42 Å². The first-order valence-electron chi connectivity index (χ1n) is 5.83. The average Bonchev–Trinajstić information content (AvgIpc) is 2.49. The zero-order valence-electron chi connectivity index (χ0n) is 10.4. The minimum absolute atomic E-state index is 0.201. The van der Waals surface area contributed by atoms with Crippen molar-refractivity contribution in [2.75, 3.05) is 5.21 Å². The van der Waals surface area contributed by atoms with Crippen LogP contribution >= 0.6 is 11.6 Å². The van der Waals surface area contributed by atoms with Crippen molar-refractivity contribution in [1.82, 2.24) is 5.06 Å². The van der Waals surface area contributed by atoms with Crippen molar-refractivity contribution in [2.24, 2.45) is 0 Å². The second-order valence-corrected chi connectivity index (χ2v) is 6.49. The van der Waals surface area contributed by atoms with Crippen LogP contribution in [0.1, 0.15) is 20.7 Å². The highest BCUT2D eigenvalue weighted by molar-refractivity contribution is 7.87. The first-order chi connectivity index (χ1) is 9.94. The summed E-state index contributed by atoms with van der Waals surface area (Å²) in [7, 11) is -4.21. The molecule has 108 valence electrons. The molecule has 2 aromatic rings. The Morgan fingerprint density at radius 3 is 2.00 bits per heavy atom. The lowest BCUT2D eigenvalue weighted by Crippen LogP contribution is -2.41. The van der Waals surface area contributed by atoms with E-state index >= 15 is 0 Å². The molecule has 0 bridgehead atoms. The molecule has 6 nitrogen and oxygen atoms in total. The minimum atomic E-state index is -4.21. The van der Waals surface area contributed by atoms with Gasteiger partial charge in [-0.15, -0.1) is 20.9 Å². The van der Waals surface area contributed by atoms with E-state index in [2.05, 4.69) is 4.28 Å². The second kappa shape index (κ2) is 4.80. The van der Waals surface area contributed by atoms with Gasteiger partial charge in [-0.25, -0.2) is 0 Å². The van der Waals surface area contributed by atoms with Crippen molar-refractivity contribution in [3.63, 3.8) is 0 Å². The molecule has 21 heavy (non-hydrogen) atoms. The predicted molar refractivity (Wildman–Crippen MR) is 75.2 cm³/mol. The second-order valence-electron chi connectivity index (χ2n) is 4.36. The Kier molecular flexibility index (Phi) is 3.20. The summed E-state index contributed by atoms with van der Waals surface area (Å²) < 4.78 is 27.3. The van der Waals surface area contributed by atoms with Gasteiger partial charge in [-0.3, -0.25) is 9.59 Å². The van der Waals surface area contributed by atoms with Gasteiger partial charge in [0.1, 0.15) is 0 Å². The molecule has 0 radical (unpaired) electrons.